The van der Waals surface area contributed by atoms with E-state index in [0.29, 0.717) is 11.8 Å². The highest BCUT2D eigenvalue weighted by molar-refractivity contribution is 6.34. The molecule has 0 amide bonds. The summed E-state index contributed by atoms with van der Waals surface area (Å²) < 4.78 is 5.95. The summed E-state index contributed by atoms with van der Waals surface area (Å²) in [5.41, 5.74) is 3.36. The molecule has 0 spiro atoms. The number of pyridine rings is 1. The molecule has 0 N–H and O–H groups in total. The molecule has 0 unspecified atom stereocenters. The van der Waals surface area contributed by atoms with E-state index in [1.165, 1.54) is 0 Å². The zero-order chi connectivity index (χ0) is 17.1. The summed E-state index contributed by atoms with van der Waals surface area (Å²) in [6, 6.07) is 26.4. The third-order valence-corrected chi connectivity index (χ3v) is 4.45. The van der Waals surface area contributed by atoms with Crippen LogP contribution in [-0.4, -0.2) is 4.98 Å². The molecule has 2 nitrogen and oxygen atoms in total. The van der Waals surface area contributed by atoms with Crippen molar-refractivity contribution in [1.82, 2.24) is 4.98 Å². The Balaban J connectivity index is 1.67. The molecule has 122 valence electrons. The van der Waals surface area contributed by atoms with Gasteiger partial charge in [0.05, 0.1) is 0 Å². The molecular formula is C22H16ClNO. The summed E-state index contributed by atoms with van der Waals surface area (Å²) in [7, 11) is 0. The molecule has 0 saturated carbocycles. The zero-order valence-electron chi connectivity index (χ0n) is 13.5. The molecule has 4 rings (SSSR count). The zero-order valence-corrected chi connectivity index (χ0v) is 14.3. The van der Waals surface area contributed by atoms with Crippen molar-refractivity contribution in [2.45, 2.75) is 6.61 Å². The Morgan fingerprint density at radius 1 is 0.800 bits per heavy atom. The third kappa shape index (κ3) is 3.35. The van der Waals surface area contributed by atoms with Gasteiger partial charge in [0, 0.05) is 11.6 Å². The van der Waals surface area contributed by atoms with E-state index < -0.39 is 0 Å². The monoisotopic (exact) mass is 345 g/mol. The van der Waals surface area contributed by atoms with E-state index in [1.54, 1.807) is 6.20 Å². The third-order valence-electron chi connectivity index (χ3n) is 4.15. The van der Waals surface area contributed by atoms with Crippen LogP contribution in [0.3, 0.4) is 0 Å². The number of benzene rings is 3. The van der Waals surface area contributed by atoms with Crippen LogP contribution >= 0.6 is 11.6 Å². The Morgan fingerprint density at radius 2 is 1.64 bits per heavy atom. The summed E-state index contributed by atoms with van der Waals surface area (Å²) in [6.07, 6.45) is 1.74. The first-order valence-corrected chi connectivity index (χ1v) is 8.49. The Hall–Kier alpha value is -2.84. The first kappa shape index (κ1) is 15.7. The number of aromatic nitrogens is 1. The predicted octanol–water partition coefficient (Wildman–Crippen LogP) is 6.13. The summed E-state index contributed by atoms with van der Waals surface area (Å²) in [5, 5.41) is 2.57. The second-order valence-corrected chi connectivity index (χ2v) is 6.16. The molecule has 0 fully saturated rings. The maximum absolute atomic E-state index is 6.23. The molecule has 1 heterocycles. The lowest BCUT2D eigenvalue weighted by Gasteiger charge is -2.10. The predicted molar refractivity (Wildman–Crippen MR) is 103 cm³/mol. The minimum absolute atomic E-state index is 0.524. The lowest BCUT2D eigenvalue weighted by Crippen LogP contribution is -1.95. The minimum atomic E-state index is 0.524. The molecule has 0 saturated heterocycles. The molecule has 0 radical (unpaired) electrons. The second-order valence-electron chi connectivity index (χ2n) is 5.80. The van der Waals surface area contributed by atoms with Gasteiger partial charge in [-0.1, -0.05) is 72.3 Å². The summed E-state index contributed by atoms with van der Waals surface area (Å²) in [6.45, 7) is 0.551. The van der Waals surface area contributed by atoms with Gasteiger partial charge in [-0.3, -0.25) is 0 Å². The Kier molecular flexibility index (Phi) is 4.36. The van der Waals surface area contributed by atoms with Crippen LogP contribution < -0.4 is 4.74 Å². The quantitative estimate of drug-likeness (QED) is 0.415. The van der Waals surface area contributed by atoms with Crippen molar-refractivity contribution in [1.29, 1.82) is 0 Å². The van der Waals surface area contributed by atoms with Crippen LogP contribution in [0.5, 0.6) is 5.75 Å². The minimum Gasteiger partial charge on any atom is -0.489 e. The molecule has 0 bridgehead atoms. The molecule has 1 aromatic heterocycles. The van der Waals surface area contributed by atoms with E-state index in [9.17, 15) is 0 Å². The van der Waals surface area contributed by atoms with E-state index in [1.807, 2.05) is 48.5 Å². The molecule has 3 heteroatoms. The molecule has 0 aliphatic rings. The highest BCUT2D eigenvalue weighted by Gasteiger charge is 2.07. The van der Waals surface area contributed by atoms with Gasteiger partial charge in [0.25, 0.3) is 0 Å². The average molecular weight is 346 g/mol. The van der Waals surface area contributed by atoms with Crippen LogP contribution in [0.2, 0.25) is 5.15 Å². The number of hydrogen-bond acceptors (Lipinski definition) is 2. The molecule has 0 aliphatic carbocycles. The van der Waals surface area contributed by atoms with Crippen LogP contribution in [0, 0.1) is 0 Å². The summed E-state index contributed by atoms with van der Waals surface area (Å²) in [5.74, 6) is 0.846. The van der Waals surface area contributed by atoms with Crippen LogP contribution in [0.1, 0.15) is 5.56 Å². The van der Waals surface area contributed by atoms with Gasteiger partial charge >= 0.3 is 0 Å². The maximum Gasteiger partial charge on any atom is 0.136 e. The summed E-state index contributed by atoms with van der Waals surface area (Å²) in [4.78, 5) is 4.16. The number of ether oxygens (including phenoxy) is 1. The van der Waals surface area contributed by atoms with Gasteiger partial charge in [0.2, 0.25) is 0 Å². The van der Waals surface area contributed by atoms with Gasteiger partial charge in [-0.25, -0.2) is 4.98 Å². The average Bonchev–Trinajstić information content (AvgIpc) is 2.67. The van der Waals surface area contributed by atoms with Crippen molar-refractivity contribution < 1.29 is 4.74 Å². The largest absolute Gasteiger partial charge is 0.489 e. The van der Waals surface area contributed by atoms with Crippen molar-refractivity contribution in [3.63, 3.8) is 0 Å². The Bertz CT molecular complexity index is 1010. The van der Waals surface area contributed by atoms with E-state index in [-0.39, 0.29) is 0 Å². The molecule has 4 aromatic rings. The van der Waals surface area contributed by atoms with Gasteiger partial charge in [0.1, 0.15) is 17.5 Å². The lowest BCUT2D eigenvalue weighted by molar-refractivity contribution is 0.306. The van der Waals surface area contributed by atoms with Gasteiger partial charge < -0.3 is 4.74 Å². The fourth-order valence-corrected chi connectivity index (χ4v) is 3.14. The first-order chi connectivity index (χ1) is 12.3. The second kappa shape index (κ2) is 6.96. The molecule has 0 aliphatic heterocycles. The van der Waals surface area contributed by atoms with E-state index >= 15 is 0 Å². The van der Waals surface area contributed by atoms with Gasteiger partial charge in [-0.05, 0) is 40.3 Å². The number of nitrogens with zero attached hydrogens (tertiary/aromatic N) is 1. The van der Waals surface area contributed by atoms with Crippen LogP contribution in [0.15, 0.2) is 85.1 Å². The fourth-order valence-electron chi connectivity index (χ4n) is 2.92. The number of hydrogen-bond donors (Lipinski definition) is 0. The van der Waals surface area contributed by atoms with Gasteiger partial charge in [-0.15, -0.1) is 0 Å². The topological polar surface area (TPSA) is 22.1 Å². The molecule has 3 aromatic carbocycles. The molecular weight excluding hydrogens is 330 g/mol. The smallest absolute Gasteiger partial charge is 0.136 e. The van der Waals surface area contributed by atoms with Crippen molar-refractivity contribution >= 4 is 22.4 Å². The van der Waals surface area contributed by atoms with Crippen molar-refractivity contribution in [3.8, 4) is 16.9 Å². The van der Waals surface area contributed by atoms with Gasteiger partial charge in [0.15, 0.2) is 0 Å². The van der Waals surface area contributed by atoms with Crippen molar-refractivity contribution in [2.24, 2.45) is 0 Å². The number of halogens is 1. The Labute approximate surface area is 151 Å². The van der Waals surface area contributed by atoms with Crippen LogP contribution in [0.25, 0.3) is 21.9 Å². The molecule has 0 atom stereocenters. The SMILES string of the molecule is Clc1nccc2c(-c3cccc(OCc4ccccc4)c3)cccc12. The standard InChI is InChI=1S/C22H16ClNO/c23-22-21-11-5-10-19(20(21)12-13-24-22)17-8-4-9-18(14-17)25-15-16-6-2-1-3-7-16/h1-14H,15H2. The molecule has 25 heavy (non-hydrogen) atoms. The lowest BCUT2D eigenvalue weighted by atomic mass is 9.99. The first-order valence-electron chi connectivity index (χ1n) is 8.12. The van der Waals surface area contributed by atoms with Crippen LogP contribution in [-0.2, 0) is 6.61 Å². The Morgan fingerprint density at radius 3 is 2.52 bits per heavy atom. The van der Waals surface area contributed by atoms with E-state index in [4.69, 9.17) is 16.3 Å². The van der Waals surface area contributed by atoms with Gasteiger partial charge in [-0.2, -0.15) is 0 Å². The highest BCUT2D eigenvalue weighted by atomic mass is 35.5. The van der Waals surface area contributed by atoms with Crippen molar-refractivity contribution in [2.75, 3.05) is 0 Å². The maximum atomic E-state index is 6.23. The van der Waals surface area contributed by atoms with E-state index in [2.05, 4.69) is 35.3 Å². The normalized spacial score (nSPS) is 10.8. The van der Waals surface area contributed by atoms with Crippen molar-refractivity contribution in [3.05, 3.63) is 95.8 Å². The fraction of sp³-hybridized carbons (Fsp3) is 0.0455. The summed E-state index contributed by atoms with van der Waals surface area (Å²) >= 11 is 6.23. The van der Waals surface area contributed by atoms with Crippen LogP contribution in [0.4, 0.5) is 0 Å². The number of fused-ring (bicyclic) bond motifs is 1. The van der Waals surface area contributed by atoms with E-state index in [0.717, 1.165) is 33.2 Å². The highest BCUT2D eigenvalue weighted by Crippen LogP contribution is 2.32. The number of rotatable bonds is 4.